The van der Waals surface area contributed by atoms with Gasteiger partial charge >= 0.3 is 0 Å². The average Bonchev–Trinajstić information content (AvgIpc) is 2.77. The Balaban J connectivity index is 2.39. The van der Waals surface area contributed by atoms with Crippen LogP contribution in [0, 0.1) is 0 Å². The summed E-state index contributed by atoms with van der Waals surface area (Å²) >= 11 is 0. The van der Waals surface area contributed by atoms with Crippen LogP contribution in [-0.4, -0.2) is 57.6 Å². The number of likely N-dealkylation sites (N-methyl/N-ethyl adjacent to an activating group) is 1. The van der Waals surface area contributed by atoms with Crippen molar-refractivity contribution < 1.29 is 22.7 Å². The second-order valence-corrected chi connectivity index (χ2v) is 9.20. The number of hydrogen-bond donors (Lipinski definition) is 1. The molecule has 32 heavy (non-hydrogen) atoms. The standard InChI is InChI=1S/C23H31N3O5S/c1-5-21(23(28)24-6-2)25(16-18-10-8-7-9-11-18)22(27)17-26(32(4,29)30)19-12-14-20(31-3)15-13-19/h7-15,21H,5-6,16-17H2,1-4H3,(H,24,28). The lowest BCUT2D eigenvalue weighted by molar-refractivity contribution is -0.140. The Morgan fingerprint density at radius 2 is 1.66 bits per heavy atom. The van der Waals surface area contributed by atoms with Crippen molar-refractivity contribution in [1.82, 2.24) is 10.2 Å². The molecule has 2 aromatic carbocycles. The molecule has 0 spiro atoms. The molecule has 1 N–H and O–H groups in total. The summed E-state index contributed by atoms with van der Waals surface area (Å²) in [6.07, 6.45) is 1.44. The van der Waals surface area contributed by atoms with E-state index in [4.69, 9.17) is 4.74 Å². The van der Waals surface area contributed by atoms with Crippen LogP contribution in [0.25, 0.3) is 0 Å². The zero-order chi connectivity index (χ0) is 23.7. The highest BCUT2D eigenvalue weighted by Crippen LogP contribution is 2.22. The van der Waals surface area contributed by atoms with E-state index >= 15 is 0 Å². The topological polar surface area (TPSA) is 96.0 Å². The number of amides is 2. The van der Waals surface area contributed by atoms with Gasteiger partial charge in [0.1, 0.15) is 18.3 Å². The first-order valence-electron chi connectivity index (χ1n) is 10.4. The Kier molecular flexibility index (Phi) is 9.07. The van der Waals surface area contributed by atoms with Gasteiger partial charge in [0.05, 0.1) is 19.1 Å². The molecule has 0 aromatic heterocycles. The van der Waals surface area contributed by atoms with Gasteiger partial charge in [-0.15, -0.1) is 0 Å². The number of nitrogens with zero attached hydrogens (tertiary/aromatic N) is 2. The molecule has 0 aliphatic heterocycles. The lowest BCUT2D eigenvalue weighted by Crippen LogP contribution is -2.52. The van der Waals surface area contributed by atoms with Crippen molar-refractivity contribution in [3.63, 3.8) is 0 Å². The van der Waals surface area contributed by atoms with Crippen LogP contribution in [0.1, 0.15) is 25.8 Å². The molecule has 1 unspecified atom stereocenters. The molecule has 0 saturated heterocycles. The summed E-state index contributed by atoms with van der Waals surface area (Å²) in [4.78, 5) is 27.6. The molecule has 2 aromatic rings. The molecule has 2 amide bonds. The summed E-state index contributed by atoms with van der Waals surface area (Å²) in [5, 5.41) is 2.77. The molecule has 8 nitrogen and oxygen atoms in total. The fraction of sp³-hybridized carbons (Fsp3) is 0.391. The molecule has 174 valence electrons. The molecule has 0 saturated carbocycles. The average molecular weight is 462 g/mol. The molecule has 0 bridgehead atoms. The van der Waals surface area contributed by atoms with Gasteiger partial charge in [0.25, 0.3) is 0 Å². The SMILES string of the molecule is CCNC(=O)C(CC)N(Cc1ccccc1)C(=O)CN(c1ccc(OC)cc1)S(C)(=O)=O. The molecule has 0 heterocycles. The van der Waals surface area contributed by atoms with Crippen LogP contribution in [0.4, 0.5) is 5.69 Å². The number of carbonyl (C=O) groups is 2. The van der Waals surface area contributed by atoms with Crippen LogP contribution in [0.15, 0.2) is 54.6 Å². The Labute approximate surface area is 190 Å². The van der Waals surface area contributed by atoms with E-state index in [1.54, 1.807) is 24.3 Å². The first kappa shape index (κ1) is 25.2. The highest BCUT2D eigenvalue weighted by Gasteiger charge is 2.31. The maximum Gasteiger partial charge on any atom is 0.244 e. The number of nitrogens with one attached hydrogen (secondary N) is 1. The summed E-state index contributed by atoms with van der Waals surface area (Å²) in [7, 11) is -2.24. The van der Waals surface area contributed by atoms with Gasteiger partial charge in [-0.2, -0.15) is 0 Å². The molecule has 0 fully saturated rings. The molecule has 1 atom stereocenters. The third-order valence-electron chi connectivity index (χ3n) is 4.97. The van der Waals surface area contributed by atoms with Crippen LogP contribution in [0.3, 0.4) is 0 Å². The number of methoxy groups -OCH3 is 1. The zero-order valence-electron chi connectivity index (χ0n) is 18.9. The van der Waals surface area contributed by atoms with Crippen LogP contribution in [0.5, 0.6) is 5.75 Å². The number of rotatable bonds is 11. The number of sulfonamides is 1. The van der Waals surface area contributed by atoms with Crippen LogP contribution < -0.4 is 14.4 Å². The van der Waals surface area contributed by atoms with Gasteiger partial charge in [0.2, 0.25) is 21.8 Å². The predicted molar refractivity (Wildman–Crippen MR) is 125 cm³/mol. The number of ether oxygens (including phenoxy) is 1. The van der Waals surface area contributed by atoms with E-state index in [1.165, 1.54) is 12.0 Å². The van der Waals surface area contributed by atoms with E-state index in [0.29, 0.717) is 24.4 Å². The van der Waals surface area contributed by atoms with Gasteiger partial charge in [-0.25, -0.2) is 8.42 Å². The van der Waals surface area contributed by atoms with Crippen LogP contribution >= 0.6 is 0 Å². The summed E-state index contributed by atoms with van der Waals surface area (Å²) in [5.41, 5.74) is 1.19. The van der Waals surface area contributed by atoms with Gasteiger partial charge in [-0.1, -0.05) is 37.3 Å². The maximum atomic E-state index is 13.4. The molecular formula is C23H31N3O5S. The quantitative estimate of drug-likeness (QED) is 0.554. The second kappa shape index (κ2) is 11.5. The maximum absolute atomic E-state index is 13.4. The molecule has 0 radical (unpaired) electrons. The summed E-state index contributed by atoms with van der Waals surface area (Å²) in [6, 6.07) is 15.0. The van der Waals surface area contributed by atoms with Gasteiger partial charge in [-0.3, -0.25) is 13.9 Å². The summed E-state index contributed by atoms with van der Waals surface area (Å²) < 4.78 is 31.2. The summed E-state index contributed by atoms with van der Waals surface area (Å²) in [6.45, 7) is 3.83. The van der Waals surface area contributed by atoms with Crippen molar-refractivity contribution in [2.45, 2.75) is 32.9 Å². The van der Waals surface area contributed by atoms with Crippen LogP contribution in [-0.2, 0) is 26.2 Å². The molecular weight excluding hydrogens is 430 g/mol. The van der Waals surface area contributed by atoms with Crippen molar-refractivity contribution in [2.24, 2.45) is 0 Å². The third kappa shape index (κ3) is 6.71. The largest absolute Gasteiger partial charge is 0.497 e. The van der Waals surface area contributed by atoms with Crippen molar-refractivity contribution >= 4 is 27.5 Å². The number of benzene rings is 2. The lowest BCUT2D eigenvalue weighted by atomic mass is 10.1. The van der Waals surface area contributed by atoms with E-state index < -0.39 is 28.5 Å². The number of hydrogen-bond acceptors (Lipinski definition) is 5. The number of carbonyl (C=O) groups excluding carboxylic acids is 2. The Bertz CT molecular complexity index is 994. The monoisotopic (exact) mass is 461 g/mol. The first-order chi connectivity index (χ1) is 15.2. The lowest BCUT2D eigenvalue weighted by Gasteiger charge is -2.32. The second-order valence-electron chi connectivity index (χ2n) is 7.29. The predicted octanol–water partition coefficient (Wildman–Crippen LogP) is 2.40. The number of anilines is 1. The van der Waals surface area contributed by atoms with E-state index in [1.807, 2.05) is 44.2 Å². The van der Waals surface area contributed by atoms with E-state index in [9.17, 15) is 18.0 Å². The fourth-order valence-electron chi connectivity index (χ4n) is 3.35. The van der Waals surface area contributed by atoms with E-state index in [0.717, 1.165) is 16.1 Å². The van der Waals surface area contributed by atoms with E-state index in [-0.39, 0.29) is 12.5 Å². The third-order valence-corrected chi connectivity index (χ3v) is 6.11. The minimum absolute atomic E-state index is 0.190. The smallest absolute Gasteiger partial charge is 0.244 e. The van der Waals surface area contributed by atoms with Gasteiger partial charge in [-0.05, 0) is 43.2 Å². The van der Waals surface area contributed by atoms with Crippen molar-refractivity contribution in [3.05, 3.63) is 60.2 Å². The van der Waals surface area contributed by atoms with Crippen molar-refractivity contribution in [1.29, 1.82) is 0 Å². The first-order valence-corrected chi connectivity index (χ1v) is 12.3. The van der Waals surface area contributed by atoms with Crippen molar-refractivity contribution in [3.8, 4) is 5.75 Å². The molecule has 9 heteroatoms. The fourth-order valence-corrected chi connectivity index (χ4v) is 4.20. The van der Waals surface area contributed by atoms with Gasteiger partial charge in [0, 0.05) is 13.1 Å². The van der Waals surface area contributed by atoms with E-state index in [2.05, 4.69) is 5.32 Å². The van der Waals surface area contributed by atoms with Crippen molar-refractivity contribution in [2.75, 3.05) is 30.8 Å². The highest BCUT2D eigenvalue weighted by molar-refractivity contribution is 7.92. The van der Waals surface area contributed by atoms with Gasteiger partial charge < -0.3 is 15.0 Å². The normalized spacial score (nSPS) is 12.0. The van der Waals surface area contributed by atoms with Gasteiger partial charge in [0.15, 0.2) is 0 Å². The molecule has 0 aliphatic carbocycles. The molecule has 2 rings (SSSR count). The van der Waals surface area contributed by atoms with Crippen LogP contribution in [0.2, 0.25) is 0 Å². The minimum atomic E-state index is -3.76. The Morgan fingerprint density at radius 1 is 1.03 bits per heavy atom. The highest BCUT2D eigenvalue weighted by atomic mass is 32.2. The Morgan fingerprint density at radius 3 is 2.16 bits per heavy atom. The Hall–Kier alpha value is -3.07. The molecule has 0 aliphatic rings. The summed E-state index contributed by atoms with van der Waals surface area (Å²) in [5.74, 6) is -0.163. The zero-order valence-corrected chi connectivity index (χ0v) is 19.8. The minimum Gasteiger partial charge on any atom is -0.497 e.